The van der Waals surface area contributed by atoms with Crippen molar-refractivity contribution in [2.24, 2.45) is 5.92 Å². The van der Waals surface area contributed by atoms with Gasteiger partial charge in [0.25, 0.3) is 0 Å². The summed E-state index contributed by atoms with van der Waals surface area (Å²) in [6.07, 6.45) is 6.34. The number of thiazole rings is 1. The minimum absolute atomic E-state index is 0.0454. The van der Waals surface area contributed by atoms with Crippen LogP contribution in [0.25, 0.3) is 15.8 Å². The van der Waals surface area contributed by atoms with Gasteiger partial charge in [0, 0.05) is 30.3 Å². The molecule has 1 aliphatic heterocycles. The van der Waals surface area contributed by atoms with E-state index in [4.69, 9.17) is 19.2 Å². The Labute approximate surface area is 218 Å². The van der Waals surface area contributed by atoms with Gasteiger partial charge in [-0.25, -0.2) is 4.98 Å². The molecule has 1 saturated heterocycles. The van der Waals surface area contributed by atoms with Crippen molar-refractivity contribution in [3.05, 3.63) is 52.7 Å². The van der Waals surface area contributed by atoms with Gasteiger partial charge < -0.3 is 19.1 Å². The minimum Gasteiger partial charge on any atom is -0.493 e. The van der Waals surface area contributed by atoms with Crippen molar-refractivity contribution in [2.45, 2.75) is 31.5 Å². The summed E-state index contributed by atoms with van der Waals surface area (Å²) in [5.41, 5.74) is 2.60. The number of likely N-dealkylation sites (N-methyl/N-ethyl adjacent to an activating group) is 1. The first-order chi connectivity index (χ1) is 17.7. The standard InChI is InChI=1S/C27H30F3N3O3S/c1-32-14-21(16-5-9-18(10-6-16)27(28,29)30)33(15-32)19-11-7-17(8-12-19)26-31-20-13-22(34-2)23(35-3)24(36-4)25(20)37-26/h5,7,9-11,13,16,21H,6,8,12,14-15H2,1-4H3. The van der Waals surface area contributed by atoms with Gasteiger partial charge in [-0.05, 0) is 38.0 Å². The molecule has 2 atom stereocenters. The molecule has 3 aliphatic rings. The molecule has 2 aromatic rings. The Kier molecular flexibility index (Phi) is 6.97. The molecule has 0 spiro atoms. The highest BCUT2D eigenvalue weighted by Crippen LogP contribution is 2.47. The van der Waals surface area contributed by atoms with E-state index in [1.165, 1.54) is 17.8 Å². The average Bonchev–Trinajstić information content (AvgIpc) is 3.50. The van der Waals surface area contributed by atoms with Crippen LogP contribution in [0, 0.1) is 5.92 Å². The number of alkyl halides is 3. The van der Waals surface area contributed by atoms with Gasteiger partial charge in [-0.3, -0.25) is 4.90 Å². The molecule has 2 heterocycles. The van der Waals surface area contributed by atoms with E-state index in [9.17, 15) is 13.2 Å². The molecule has 0 saturated carbocycles. The maximum Gasteiger partial charge on any atom is 0.416 e. The highest BCUT2D eigenvalue weighted by molar-refractivity contribution is 7.20. The third kappa shape index (κ3) is 4.84. The molecule has 1 aromatic carbocycles. The van der Waals surface area contributed by atoms with Gasteiger partial charge in [0.1, 0.15) is 9.71 Å². The minimum atomic E-state index is -4.29. The fraction of sp³-hybridized carbons (Fsp3) is 0.444. The van der Waals surface area contributed by atoms with E-state index in [1.807, 2.05) is 6.07 Å². The number of hydrogen-bond acceptors (Lipinski definition) is 7. The van der Waals surface area contributed by atoms with E-state index in [0.717, 1.165) is 46.9 Å². The van der Waals surface area contributed by atoms with Crippen LogP contribution in [-0.4, -0.2) is 68.6 Å². The maximum absolute atomic E-state index is 13.1. The molecule has 198 valence electrons. The van der Waals surface area contributed by atoms with Crippen molar-refractivity contribution >= 4 is 27.1 Å². The molecule has 6 nitrogen and oxygen atoms in total. The van der Waals surface area contributed by atoms with Crippen LogP contribution < -0.4 is 14.2 Å². The quantitative estimate of drug-likeness (QED) is 0.453. The van der Waals surface area contributed by atoms with Crippen LogP contribution in [-0.2, 0) is 0 Å². The molecule has 0 bridgehead atoms. The largest absolute Gasteiger partial charge is 0.493 e. The van der Waals surface area contributed by atoms with E-state index in [1.54, 1.807) is 38.7 Å². The zero-order valence-electron chi connectivity index (χ0n) is 21.3. The van der Waals surface area contributed by atoms with E-state index < -0.39 is 11.7 Å². The summed E-state index contributed by atoms with van der Waals surface area (Å²) in [7, 11) is 6.83. The number of ether oxygens (including phenoxy) is 3. The first-order valence-electron chi connectivity index (χ1n) is 12.1. The molecule has 10 heteroatoms. The van der Waals surface area contributed by atoms with E-state index in [2.05, 4.69) is 29.0 Å². The molecule has 2 aliphatic carbocycles. The summed E-state index contributed by atoms with van der Waals surface area (Å²) in [5.74, 6) is 1.77. The Hall–Kier alpha value is -2.98. The highest BCUT2D eigenvalue weighted by Gasteiger charge is 2.38. The Morgan fingerprint density at radius 2 is 1.84 bits per heavy atom. The molecule has 0 amide bonds. The van der Waals surface area contributed by atoms with Crippen molar-refractivity contribution in [3.63, 3.8) is 0 Å². The second kappa shape index (κ2) is 10.1. The number of aromatic nitrogens is 1. The monoisotopic (exact) mass is 533 g/mol. The summed E-state index contributed by atoms with van der Waals surface area (Å²) in [6.45, 7) is 1.58. The summed E-state index contributed by atoms with van der Waals surface area (Å²) in [6, 6.07) is 2.00. The van der Waals surface area contributed by atoms with Crippen LogP contribution in [0.4, 0.5) is 13.2 Å². The zero-order chi connectivity index (χ0) is 26.3. The van der Waals surface area contributed by atoms with E-state index in [0.29, 0.717) is 23.7 Å². The summed E-state index contributed by atoms with van der Waals surface area (Å²) in [5, 5.41) is 0.925. The third-order valence-corrected chi connectivity index (χ3v) is 8.35. The summed E-state index contributed by atoms with van der Waals surface area (Å²) in [4.78, 5) is 9.43. The molecule has 5 rings (SSSR count). The normalized spacial score (nSPS) is 22.7. The van der Waals surface area contributed by atoms with Gasteiger partial charge in [-0.15, -0.1) is 11.3 Å². The SMILES string of the molecule is COc1cc2nc(C3=CC=C(N4CN(C)CC4C4C=CC(C(F)(F)F)=CC4)CC3)sc2c(OC)c1OC. The summed E-state index contributed by atoms with van der Waals surface area (Å²) >= 11 is 1.56. The first kappa shape index (κ1) is 25.7. The second-order valence-electron chi connectivity index (χ2n) is 9.50. The lowest BCUT2D eigenvalue weighted by atomic mass is 9.88. The number of nitrogens with zero attached hydrogens (tertiary/aromatic N) is 3. The molecular weight excluding hydrogens is 503 g/mol. The van der Waals surface area contributed by atoms with Crippen molar-refractivity contribution in [1.29, 1.82) is 0 Å². The number of allylic oxidation sites excluding steroid dienone is 7. The van der Waals surface area contributed by atoms with Crippen LogP contribution in [0.1, 0.15) is 24.3 Å². The van der Waals surface area contributed by atoms with Crippen LogP contribution in [0.3, 0.4) is 0 Å². The van der Waals surface area contributed by atoms with Gasteiger partial charge in [0.15, 0.2) is 11.5 Å². The van der Waals surface area contributed by atoms with Gasteiger partial charge in [-0.2, -0.15) is 13.2 Å². The summed E-state index contributed by atoms with van der Waals surface area (Å²) < 4.78 is 56.7. The number of rotatable bonds is 6. The number of methoxy groups -OCH3 is 3. The second-order valence-corrected chi connectivity index (χ2v) is 10.5. The van der Waals surface area contributed by atoms with E-state index >= 15 is 0 Å². The van der Waals surface area contributed by atoms with Crippen molar-refractivity contribution in [1.82, 2.24) is 14.8 Å². The van der Waals surface area contributed by atoms with Crippen LogP contribution in [0.5, 0.6) is 17.2 Å². The molecular formula is C27H30F3N3O3S. The fourth-order valence-electron chi connectivity index (χ4n) is 5.35. The lowest BCUT2D eigenvalue weighted by molar-refractivity contribution is -0.0888. The van der Waals surface area contributed by atoms with Gasteiger partial charge in [0.2, 0.25) is 5.75 Å². The predicted molar refractivity (Wildman–Crippen MR) is 139 cm³/mol. The van der Waals surface area contributed by atoms with Crippen LogP contribution in [0.2, 0.25) is 0 Å². The predicted octanol–water partition coefficient (Wildman–Crippen LogP) is 6.02. The van der Waals surface area contributed by atoms with Crippen LogP contribution in [0.15, 0.2) is 47.7 Å². The molecule has 2 unspecified atom stereocenters. The molecule has 1 aromatic heterocycles. The Morgan fingerprint density at radius 3 is 2.43 bits per heavy atom. The van der Waals surface area contributed by atoms with Crippen molar-refractivity contribution < 1.29 is 27.4 Å². The lowest BCUT2D eigenvalue weighted by Crippen LogP contribution is -2.37. The number of benzene rings is 1. The highest BCUT2D eigenvalue weighted by atomic mass is 32.1. The smallest absolute Gasteiger partial charge is 0.416 e. The van der Waals surface area contributed by atoms with Gasteiger partial charge >= 0.3 is 6.18 Å². The average molecular weight is 534 g/mol. The zero-order valence-corrected chi connectivity index (χ0v) is 22.1. The molecule has 1 fully saturated rings. The van der Waals surface area contributed by atoms with Gasteiger partial charge in [-0.1, -0.05) is 24.3 Å². The number of hydrogen-bond donors (Lipinski definition) is 0. The molecule has 0 N–H and O–H groups in total. The van der Waals surface area contributed by atoms with Gasteiger partial charge in [0.05, 0.1) is 39.1 Å². The number of fused-ring (bicyclic) bond motifs is 1. The lowest BCUT2D eigenvalue weighted by Gasteiger charge is -2.34. The van der Waals surface area contributed by atoms with Crippen LogP contribution >= 0.6 is 11.3 Å². The molecule has 37 heavy (non-hydrogen) atoms. The Balaban J connectivity index is 1.39. The fourth-order valence-corrected chi connectivity index (χ4v) is 6.47. The Bertz CT molecular complexity index is 1310. The third-order valence-electron chi connectivity index (χ3n) is 7.20. The number of halogens is 3. The van der Waals surface area contributed by atoms with Crippen molar-refractivity contribution in [2.75, 3.05) is 41.6 Å². The Morgan fingerprint density at radius 1 is 1.05 bits per heavy atom. The topological polar surface area (TPSA) is 47.1 Å². The molecule has 0 radical (unpaired) electrons. The first-order valence-corrected chi connectivity index (χ1v) is 13.0. The van der Waals surface area contributed by atoms with E-state index in [-0.39, 0.29) is 12.0 Å². The maximum atomic E-state index is 13.1. The van der Waals surface area contributed by atoms with Crippen molar-refractivity contribution in [3.8, 4) is 17.2 Å².